The molecule has 3 heteroatoms. The number of nitrogens with one attached hydrogen (secondary N) is 1. The second-order valence-corrected chi connectivity index (χ2v) is 5.90. The summed E-state index contributed by atoms with van der Waals surface area (Å²) in [5, 5.41) is 3.97. The number of halogens is 2. The van der Waals surface area contributed by atoms with Gasteiger partial charge in [0.1, 0.15) is 0 Å². The van der Waals surface area contributed by atoms with Crippen molar-refractivity contribution in [1.29, 1.82) is 0 Å². The zero-order valence-electron chi connectivity index (χ0n) is 9.76. The Hall–Kier alpha value is -0.920. The van der Waals surface area contributed by atoms with Gasteiger partial charge in [0.2, 0.25) is 0 Å². The zero-order valence-corrected chi connectivity index (χ0v) is 11.3. The smallest absolute Gasteiger partial charge is 0.0508 e. The number of hydrogen-bond acceptors (Lipinski definition) is 1. The van der Waals surface area contributed by atoms with Crippen molar-refractivity contribution in [3.8, 4) is 0 Å². The molecule has 1 fully saturated rings. The Balaban J connectivity index is 2.09. The summed E-state index contributed by atoms with van der Waals surface area (Å²) in [7, 11) is 0. The topological polar surface area (TPSA) is 12.0 Å². The third-order valence-electron chi connectivity index (χ3n) is 3.11. The van der Waals surface area contributed by atoms with E-state index in [1.165, 1.54) is 0 Å². The Morgan fingerprint density at radius 3 is 2.76 bits per heavy atom. The van der Waals surface area contributed by atoms with Crippen LogP contribution in [0.1, 0.15) is 18.9 Å². The third kappa shape index (κ3) is 2.67. The first-order chi connectivity index (χ1) is 7.94. The molecule has 0 saturated heterocycles. The van der Waals surface area contributed by atoms with Crippen molar-refractivity contribution < 1.29 is 0 Å². The van der Waals surface area contributed by atoms with E-state index in [1.54, 1.807) is 6.08 Å². The average molecular weight is 268 g/mol. The molecular formula is C14H15Cl2N. The lowest BCUT2D eigenvalue weighted by molar-refractivity contribution is 0.899. The molecule has 0 aliphatic heterocycles. The molecule has 1 saturated carbocycles. The van der Waals surface area contributed by atoms with Gasteiger partial charge >= 0.3 is 0 Å². The van der Waals surface area contributed by atoms with Crippen molar-refractivity contribution in [2.75, 3.05) is 5.32 Å². The van der Waals surface area contributed by atoms with Crippen LogP contribution in [0.15, 0.2) is 37.1 Å². The molecule has 0 aromatic heterocycles. The van der Waals surface area contributed by atoms with Gasteiger partial charge in [0.15, 0.2) is 0 Å². The molecule has 2 atom stereocenters. The number of hydrogen-bond donors (Lipinski definition) is 1. The first kappa shape index (κ1) is 12.5. The normalized spacial score (nSPS) is 26.4. The highest BCUT2D eigenvalue weighted by molar-refractivity contribution is 6.32. The molecule has 0 heterocycles. The predicted molar refractivity (Wildman–Crippen MR) is 76.7 cm³/mol. The summed E-state index contributed by atoms with van der Waals surface area (Å²) in [6.45, 7) is 9.79. The van der Waals surface area contributed by atoms with Crippen LogP contribution in [-0.4, -0.2) is 4.87 Å². The lowest BCUT2D eigenvalue weighted by Crippen LogP contribution is -2.05. The van der Waals surface area contributed by atoms with E-state index in [0.717, 1.165) is 23.4 Å². The molecule has 1 aromatic rings. The lowest BCUT2D eigenvalue weighted by Gasteiger charge is -2.11. The summed E-state index contributed by atoms with van der Waals surface area (Å²) in [4.78, 5) is -0.127. The first-order valence-corrected chi connectivity index (χ1v) is 6.26. The summed E-state index contributed by atoms with van der Waals surface area (Å²) in [5.41, 5.74) is 2.84. The van der Waals surface area contributed by atoms with Crippen molar-refractivity contribution >= 4 is 35.0 Å². The quantitative estimate of drug-likeness (QED) is 0.764. The van der Waals surface area contributed by atoms with Crippen molar-refractivity contribution in [2.45, 2.75) is 18.2 Å². The van der Waals surface area contributed by atoms with Gasteiger partial charge in [-0.2, -0.15) is 0 Å². The number of alkyl halides is 1. The van der Waals surface area contributed by atoms with E-state index in [9.17, 15) is 0 Å². The molecule has 1 aliphatic carbocycles. The molecule has 17 heavy (non-hydrogen) atoms. The fourth-order valence-electron chi connectivity index (χ4n) is 1.88. The molecular weight excluding hydrogens is 253 g/mol. The minimum atomic E-state index is -0.127. The molecule has 2 rings (SSSR count). The van der Waals surface area contributed by atoms with E-state index < -0.39 is 0 Å². The Kier molecular flexibility index (Phi) is 3.24. The van der Waals surface area contributed by atoms with E-state index in [0.29, 0.717) is 10.9 Å². The van der Waals surface area contributed by atoms with Gasteiger partial charge in [-0.15, -0.1) is 11.6 Å². The minimum absolute atomic E-state index is 0.127. The number of rotatable bonds is 4. The summed E-state index contributed by atoms with van der Waals surface area (Å²) < 4.78 is 0. The van der Waals surface area contributed by atoms with E-state index in [1.807, 2.05) is 25.1 Å². The highest BCUT2D eigenvalue weighted by Crippen LogP contribution is 2.52. The van der Waals surface area contributed by atoms with Crippen LogP contribution in [0, 0.1) is 5.92 Å². The van der Waals surface area contributed by atoms with Crippen molar-refractivity contribution in [3.63, 3.8) is 0 Å². The Morgan fingerprint density at radius 1 is 1.59 bits per heavy atom. The minimum Gasteiger partial charge on any atom is -0.359 e. The Bertz CT molecular complexity index is 477. The summed E-state index contributed by atoms with van der Waals surface area (Å²) in [6, 6.07) is 5.73. The van der Waals surface area contributed by atoms with Gasteiger partial charge in [0.25, 0.3) is 0 Å². The maximum Gasteiger partial charge on any atom is 0.0508 e. The molecule has 1 aromatic carbocycles. The Labute approximate surface area is 112 Å². The second kappa shape index (κ2) is 4.40. The van der Waals surface area contributed by atoms with Crippen LogP contribution >= 0.6 is 23.2 Å². The number of allylic oxidation sites excluding steroid dienone is 1. The fraction of sp³-hybridized carbons (Fsp3) is 0.286. The van der Waals surface area contributed by atoms with Gasteiger partial charge in [0, 0.05) is 22.3 Å². The Morgan fingerprint density at radius 2 is 2.24 bits per heavy atom. The van der Waals surface area contributed by atoms with Crippen molar-refractivity contribution in [1.82, 2.24) is 0 Å². The van der Waals surface area contributed by atoms with E-state index in [2.05, 4.69) is 18.5 Å². The summed E-state index contributed by atoms with van der Waals surface area (Å²) in [6.07, 6.45) is 2.71. The lowest BCUT2D eigenvalue weighted by atomic mass is 10.2. The van der Waals surface area contributed by atoms with Gasteiger partial charge < -0.3 is 5.32 Å². The van der Waals surface area contributed by atoms with Crippen LogP contribution in [0.25, 0.3) is 6.08 Å². The van der Waals surface area contributed by atoms with Crippen LogP contribution in [0.4, 0.5) is 5.69 Å². The highest BCUT2D eigenvalue weighted by Gasteiger charge is 2.50. The molecule has 1 aliphatic rings. The summed E-state index contributed by atoms with van der Waals surface area (Å²) in [5.74, 6) is 0.340. The van der Waals surface area contributed by atoms with Crippen LogP contribution in [0.2, 0.25) is 5.02 Å². The molecule has 0 bridgehead atoms. The van der Waals surface area contributed by atoms with Crippen molar-refractivity contribution in [3.05, 3.63) is 47.6 Å². The summed E-state index contributed by atoms with van der Waals surface area (Å²) >= 11 is 12.2. The SMILES string of the molecule is C=Cc1cc(NC(=C)C2CC2(C)Cl)ccc1Cl. The molecule has 2 unspecified atom stereocenters. The third-order valence-corrected chi connectivity index (χ3v) is 3.87. The fourth-order valence-corrected chi connectivity index (χ4v) is 2.36. The molecule has 1 nitrogen and oxygen atoms in total. The largest absolute Gasteiger partial charge is 0.359 e. The van der Waals surface area contributed by atoms with E-state index in [4.69, 9.17) is 23.2 Å². The molecule has 1 N–H and O–H groups in total. The maximum absolute atomic E-state index is 6.21. The van der Waals surface area contributed by atoms with Gasteiger partial charge in [-0.25, -0.2) is 0 Å². The van der Waals surface area contributed by atoms with Gasteiger partial charge in [-0.1, -0.05) is 30.8 Å². The van der Waals surface area contributed by atoms with Crippen LogP contribution in [0.5, 0.6) is 0 Å². The second-order valence-electron chi connectivity index (χ2n) is 4.63. The predicted octanol–water partition coefficient (Wildman–Crippen LogP) is 4.93. The number of anilines is 1. The standard InChI is InChI=1S/C14H15Cl2N/c1-4-10-7-11(5-6-13(10)15)17-9(2)12-8-14(12,3)16/h4-7,12,17H,1-2,8H2,3H3. The number of benzene rings is 1. The van der Waals surface area contributed by atoms with E-state index >= 15 is 0 Å². The van der Waals surface area contributed by atoms with Crippen LogP contribution in [0.3, 0.4) is 0 Å². The first-order valence-electron chi connectivity index (χ1n) is 5.51. The van der Waals surface area contributed by atoms with Gasteiger partial charge in [0.05, 0.1) is 4.87 Å². The van der Waals surface area contributed by atoms with E-state index in [-0.39, 0.29) is 4.87 Å². The van der Waals surface area contributed by atoms with Gasteiger partial charge in [-0.05, 0) is 37.1 Å². The van der Waals surface area contributed by atoms with Crippen LogP contribution in [-0.2, 0) is 0 Å². The van der Waals surface area contributed by atoms with Crippen LogP contribution < -0.4 is 5.32 Å². The molecule has 0 spiro atoms. The molecule has 90 valence electrons. The van der Waals surface area contributed by atoms with Gasteiger partial charge in [-0.3, -0.25) is 0 Å². The molecule has 0 amide bonds. The zero-order chi connectivity index (χ0) is 12.6. The monoisotopic (exact) mass is 267 g/mol. The van der Waals surface area contributed by atoms with Crippen molar-refractivity contribution in [2.24, 2.45) is 5.92 Å². The molecule has 0 radical (unpaired) electrons. The maximum atomic E-state index is 6.21. The highest BCUT2D eigenvalue weighted by atomic mass is 35.5. The average Bonchev–Trinajstić information content (AvgIpc) is 2.91.